The lowest BCUT2D eigenvalue weighted by molar-refractivity contribution is -0.110. The van der Waals surface area contributed by atoms with E-state index in [0.717, 1.165) is 42.4 Å². The van der Waals surface area contributed by atoms with E-state index < -0.39 is 0 Å². The zero-order valence-corrected chi connectivity index (χ0v) is 16.2. The number of carbonyl (C=O) groups excluding carboxylic acids is 1. The minimum atomic E-state index is -0.0548. The highest BCUT2D eigenvalue weighted by molar-refractivity contribution is 8.05. The van der Waals surface area contributed by atoms with Crippen molar-refractivity contribution in [3.05, 3.63) is 42.0 Å². The number of rotatable bonds is 3. The van der Waals surface area contributed by atoms with Gasteiger partial charge >= 0.3 is 0 Å². The molecule has 6 heteroatoms. The first-order valence-corrected chi connectivity index (χ1v) is 10.2. The molecule has 0 bridgehead atoms. The van der Waals surface area contributed by atoms with E-state index in [1.807, 2.05) is 6.07 Å². The van der Waals surface area contributed by atoms with Crippen molar-refractivity contribution >= 4 is 52.1 Å². The van der Waals surface area contributed by atoms with E-state index in [1.54, 1.807) is 30.4 Å². The summed E-state index contributed by atoms with van der Waals surface area (Å²) >= 11 is 8.93. The van der Waals surface area contributed by atoms with Crippen LogP contribution in [0, 0.1) is 0 Å². The Morgan fingerprint density at radius 3 is 2.44 bits per heavy atom. The molecule has 0 atom stereocenters. The predicted octanol–water partition coefficient (Wildman–Crippen LogP) is 4.45. The second kappa shape index (κ2) is 7.11. The first-order chi connectivity index (χ1) is 12.1. The largest absolute Gasteiger partial charge is 0.378 e. The van der Waals surface area contributed by atoms with Gasteiger partial charge in [0.1, 0.15) is 0 Å². The van der Waals surface area contributed by atoms with E-state index in [2.05, 4.69) is 35.2 Å². The summed E-state index contributed by atoms with van der Waals surface area (Å²) in [5.74, 6) is -0.0548. The molecule has 25 heavy (non-hydrogen) atoms. The normalized spacial score (nSPS) is 16.1. The molecule has 0 aromatic heterocycles. The van der Waals surface area contributed by atoms with Crippen LogP contribution in [0.25, 0.3) is 0 Å². The molecule has 2 aliphatic rings. The van der Waals surface area contributed by atoms with Crippen LogP contribution in [-0.4, -0.2) is 37.0 Å². The Labute approximate surface area is 161 Å². The number of ketones is 1. The van der Waals surface area contributed by atoms with E-state index in [0.29, 0.717) is 4.86 Å². The molecule has 2 heterocycles. The van der Waals surface area contributed by atoms with Gasteiger partial charge in [0.05, 0.1) is 18.1 Å². The van der Waals surface area contributed by atoms with Crippen molar-refractivity contribution in [2.45, 2.75) is 26.5 Å². The molecular formula is C19H17NO2S3. The zero-order valence-electron chi connectivity index (χ0n) is 13.8. The number of ether oxygens (including phenoxy) is 1. The van der Waals surface area contributed by atoms with Gasteiger partial charge in [-0.2, -0.15) is 0 Å². The molecule has 0 amide bonds. The van der Waals surface area contributed by atoms with Gasteiger partial charge < -0.3 is 9.64 Å². The summed E-state index contributed by atoms with van der Waals surface area (Å²) in [6.45, 7) is 4.73. The molecule has 1 fully saturated rings. The Hall–Kier alpha value is -1.34. The maximum absolute atomic E-state index is 12.0. The van der Waals surface area contributed by atoms with Crippen LogP contribution in [0.3, 0.4) is 0 Å². The van der Waals surface area contributed by atoms with E-state index in [9.17, 15) is 4.79 Å². The zero-order chi connectivity index (χ0) is 17.4. The summed E-state index contributed by atoms with van der Waals surface area (Å²) in [4.78, 5) is 19.4. The van der Waals surface area contributed by atoms with Crippen molar-refractivity contribution in [3.8, 4) is 0 Å². The van der Waals surface area contributed by atoms with Crippen molar-refractivity contribution in [2.24, 2.45) is 0 Å². The minimum Gasteiger partial charge on any atom is -0.378 e. The van der Waals surface area contributed by atoms with Gasteiger partial charge in [0.25, 0.3) is 0 Å². The Bertz CT molecular complexity index is 860. The van der Waals surface area contributed by atoms with Gasteiger partial charge in [0.15, 0.2) is 5.78 Å². The molecule has 1 saturated heterocycles. The molecule has 0 N–H and O–H groups in total. The molecule has 2 aromatic carbocycles. The van der Waals surface area contributed by atoms with Gasteiger partial charge in [0.2, 0.25) is 0 Å². The predicted molar refractivity (Wildman–Crippen MR) is 107 cm³/mol. The number of nitrogens with zero attached hydrogens (tertiary/aromatic N) is 1. The Morgan fingerprint density at radius 2 is 1.76 bits per heavy atom. The van der Waals surface area contributed by atoms with Gasteiger partial charge in [-0.1, -0.05) is 47.9 Å². The number of anilines is 1. The Balaban J connectivity index is 1.82. The molecule has 3 nitrogen and oxygen atoms in total. The maximum Gasteiger partial charge on any atom is 0.171 e. The van der Waals surface area contributed by atoms with Gasteiger partial charge in [-0.3, -0.25) is 4.79 Å². The summed E-state index contributed by atoms with van der Waals surface area (Å²) in [6, 6.07) is 12.7. The van der Waals surface area contributed by atoms with Gasteiger partial charge in [0, 0.05) is 50.8 Å². The SMILES string of the molecule is CC(=O)C(=S)c1cc(N2CCOCC2)cc2c1Sc1ccccc1S2. The molecule has 0 radical (unpaired) electrons. The topological polar surface area (TPSA) is 29.5 Å². The van der Waals surface area contributed by atoms with Gasteiger partial charge in [-0.15, -0.1) is 0 Å². The molecule has 4 rings (SSSR count). The molecular weight excluding hydrogens is 370 g/mol. The van der Waals surface area contributed by atoms with Gasteiger partial charge in [-0.05, 0) is 24.3 Å². The lowest BCUT2D eigenvalue weighted by Gasteiger charge is -2.31. The van der Waals surface area contributed by atoms with Crippen molar-refractivity contribution in [3.63, 3.8) is 0 Å². The number of fused-ring (bicyclic) bond motifs is 2. The quantitative estimate of drug-likeness (QED) is 0.487. The summed E-state index contributed by atoms with van der Waals surface area (Å²) < 4.78 is 5.47. The van der Waals surface area contributed by atoms with E-state index in [-0.39, 0.29) is 5.78 Å². The maximum atomic E-state index is 12.0. The molecule has 0 aliphatic carbocycles. The summed E-state index contributed by atoms with van der Waals surface area (Å²) in [5, 5.41) is 0. The fraction of sp³-hybridized carbons (Fsp3) is 0.263. The van der Waals surface area contributed by atoms with Crippen LogP contribution in [-0.2, 0) is 9.53 Å². The third kappa shape index (κ3) is 3.36. The average molecular weight is 388 g/mol. The van der Waals surface area contributed by atoms with E-state index in [1.165, 1.54) is 14.7 Å². The van der Waals surface area contributed by atoms with Crippen molar-refractivity contribution in [1.29, 1.82) is 0 Å². The summed E-state index contributed by atoms with van der Waals surface area (Å²) in [5.41, 5.74) is 2.00. The lowest BCUT2D eigenvalue weighted by Crippen LogP contribution is -2.36. The van der Waals surface area contributed by atoms with Crippen LogP contribution in [0.5, 0.6) is 0 Å². The summed E-state index contributed by atoms with van der Waals surface area (Å²) in [6.07, 6.45) is 0. The van der Waals surface area contributed by atoms with E-state index in [4.69, 9.17) is 17.0 Å². The molecule has 0 spiro atoms. The van der Waals surface area contributed by atoms with Crippen molar-refractivity contribution in [2.75, 3.05) is 31.2 Å². The molecule has 2 aliphatic heterocycles. The fourth-order valence-corrected chi connectivity index (χ4v) is 5.60. The first kappa shape index (κ1) is 17.1. The number of hydrogen-bond acceptors (Lipinski definition) is 6. The Morgan fingerprint density at radius 1 is 1.08 bits per heavy atom. The second-order valence-electron chi connectivity index (χ2n) is 5.96. The van der Waals surface area contributed by atoms with Crippen LogP contribution in [0.1, 0.15) is 12.5 Å². The number of Topliss-reactive ketones (excluding diaryl/α,β-unsaturated/α-hetero) is 1. The van der Waals surface area contributed by atoms with Crippen LogP contribution in [0.4, 0.5) is 5.69 Å². The van der Waals surface area contributed by atoms with Crippen LogP contribution in [0.15, 0.2) is 56.0 Å². The van der Waals surface area contributed by atoms with Crippen molar-refractivity contribution in [1.82, 2.24) is 0 Å². The number of carbonyl (C=O) groups is 1. The third-order valence-corrected chi connectivity index (χ3v) is 7.36. The van der Waals surface area contributed by atoms with E-state index >= 15 is 0 Å². The number of benzene rings is 2. The Kier molecular flexibility index (Phi) is 4.86. The van der Waals surface area contributed by atoms with Gasteiger partial charge in [-0.25, -0.2) is 0 Å². The number of hydrogen-bond donors (Lipinski definition) is 0. The number of thiocarbonyl (C=S) groups is 1. The highest BCUT2D eigenvalue weighted by Gasteiger charge is 2.25. The third-order valence-electron chi connectivity index (χ3n) is 4.26. The molecule has 2 aromatic rings. The van der Waals surface area contributed by atoms with Crippen LogP contribution in [0.2, 0.25) is 0 Å². The second-order valence-corrected chi connectivity index (χ2v) is 8.50. The molecule has 128 valence electrons. The summed E-state index contributed by atoms with van der Waals surface area (Å²) in [7, 11) is 0. The highest BCUT2D eigenvalue weighted by Crippen LogP contribution is 2.51. The smallest absolute Gasteiger partial charge is 0.171 e. The highest BCUT2D eigenvalue weighted by atomic mass is 32.2. The van der Waals surface area contributed by atoms with Crippen molar-refractivity contribution < 1.29 is 9.53 Å². The fourth-order valence-electron chi connectivity index (χ4n) is 2.98. The molecule has 0 unspecified atom stereocenters. The first-order valence-electron chi connectivity index (χ1n) is 8.14. The van der Waals surface area contributed by atoms with Crippen LogP contribution < -0.4 is 4.90 Å². The monoisotopic (exact) mass is 387 g/mol. The molecule has 0 saturated carbocycles. The number of morpholine rings is 1. The minimum absolute atomic E-state index is 0.0548. The lowest BCUT2D eigenvalue weighted by atomic mass is 10.1. The van der Waals surface area contributed by atoms with Crippen LogP contribution >= 0.6 is 35.7 Å². The standard InChI is InChI=1S/C19H17NO2S3/c1-12(21)18(23)14-10-13(20-6-8-22-9-7-20)11-17-19(14)25-16-5-3-2-4-15(16)24-17/h2-5,10-11H,6-9H2,1H3. The average Bonchev–Trinajstić information content (AvgIpc) is 2.65.